The van der Waals surface area contributed by atoms with E-state index in [4.69, 9.17) is 5.73 Å². The van der Waals surface area contributed by atoms with Gasteiger partial charge in [-0.25, -0.2) is 0 Å². The predicted molar refractivity (Wildman–Crippen MR) is 63.6 cm³/mol. The van der Waals surface area contributed by atoms with Crippen LogP contribution < -0.4 is 11.1 Å². The van der Waals surface area contributed by atoms with Gasteiger partial charge in [-0.15, -0.1) is 0 Å². The number of aromatic nitrogens is 1. The number of hydrogen-bond acceptors (Lipinski definition) is 3. The second-order valence-corrected chi connectivity index (χ2v) is 4.26. The summed E-state index contributed by atoms with van der Waals surface area (Å²) in [7, 11) is 0. The summed E-state index contributed by atoms with van der Waals surface area (Å²) in [5.74, 6) is 0.0174. The molecule has 1 amide bonds. The van der Waals surface area contributed by atoms with Crippen molar-refractivity contribution in [2.24, 2.45) is 11.7 Å². The van der Waals surface area contributed by atoms with Crippen LogP contribution in [0.25, 0.3) is 0 Å². The number of pyridine rings is 1. The second-order valence-electron chi connectivity index (χ2n) is 4.26. The van der Waals surface area contributed by atoms with Crippen LogP contribution in [0.1, 0.15) is 25.2 Å². The highest BCUT2D eigenvalue weighted by Crippen LogP contribution is 2.00. The van der Waals surface area contributed by atoms with Crippen LogP contribution in [0.4, 0.5) is 0 Å². The number of rotatable bonds is 4. The topological polar surface area (TPSA) is 68.0 Å². The predicted octanol–water partition coefficient (Wildman–Crippen LogP) is 0.990. The van der Waals surface area contributed by atoms with Crippen LogP contribution in [0.15, 0.2) is 18.2 Å². The normalized spacial score (nSPS) is 12.6. The fraction of sp³-hybridized carbons (Fsp3) is 0.500. The van der Waals surface area contributed by atoms with E-state index in [-0.39, 0.29) is 11.8 Å². The summed E-state index contributed by atoms with van der Waals surface area (Å²) >= 11 is 0. The van der Waals surface area contributed by atoms with Crippen LogP contribution in [-0.2, 0) is 11.3 Å². The largest absolute Gasteiger partial charge is 0.349 e. The van der Waals surface area contributed by atoms with Gasteiger partial charge in [-0.3, -0.25) is 9.78 Å². The molecule has 0 aliphatic heterocycles. The van der Waals surface area contributed by atoms with E-state index in [1.165, 1.54) is 0 Å². The van der Waals surface area contributed by atoms with Crippen molar-refractivity contribution in [2.75, 3.05) is 0 Å². The number of carbonyl (C=O) groups excluding carboxylic acids is 1. The zero-order valence-corrected chi connectivity index (χ0v) is 10.0. The lowest BCUT2D eigenvalue weighted by Crippen LogP contribution is -2.43. The van der Waals surface area contributed by atoms with Gasteiger partial charge in [0.05, 0.1) is 18.3 Å². The van der Waals surface area contributed by atoms with Gasteiger partial charge in [-0.05, 0) is 25.0 Å². The summed E-state index contributed by atoms with van der Waals surface area (Å²) in [6.45, 7) is 6.20. The fourth-order valence-electron chi connectivity index (χ4n) is 1.30. The van der Waals surface area contributed by atoms with Crippen molar-refractivity contribution in [3.05, 3.63) is 29.6 Å². The molecule has 1 aromatic heterocycles. The molecule has 4 heteroatoms. The van der Waals surface area contributed by atoms with E-state index in [0.717, 1.165) is 11.4 Å². The average Bonchev–Trinajstić information content (AvgIpc) is 2.24. The molecule has 4 nitrogen and oxygen atoms in total. The third-order valence-electron chi connectivity index (χ3n) is 2.41. The van der Waals surface area contributed by atoms with Gasteiger partial charge in [-0.1, -0.05) is 19.9 Å². The minimum atomic E-state index is -0.454. The Hall–Kier alpha value is -1.42. The van der Waals surface area contributed by atoms with E-state index >= 15 is 0 Å². The Kier molecular flexibility index (Phi) is 4.43. The van der Waals surface area contributed by atoms with Gasteiger partial charge in [-0.2, -0.15) is 0 Å². The van der Waals surface area contributed by atoms with Crippen molar-refractivity contribution in [3.63, 3.8) is 0 Å². The number of nitrogens with two attached hydrogens (primary N) is 1. The summed E-state index contributed by atoms with van der Waals surface area (Å²) in [5.41, 5.74) is 7.52. The smallest absolute Gasteiger partial charge is 0.237 e. The molecule has 16 heavy (non-hydrogen) atoms. The highest BCUT2D eigenvalue weighted by molar-refractivity contribution is 5.81. The van der Waals surface area contributed by atoms with E-state index in [1.807, 2.05) is 39.0 Å². The van der Waals surface area contributed by atoms with Gasteiger partial charge in [0, 0.05) is 5.69 Å². The summed E-state index contributed by atoms with van der Waals surface area (Å²) in [4.78, 5) is 15.9. The van der Waals surface area contributed by atoms with Crippen molar-refractivity contribution >= 4 is 5.91 Å². The molecule has 1 rings (SSSR count). The number of amides is 1. The first kappa shape index (κ1) is 12.6. The van der Waals surface area contributed by atoms with E-state index < -0.39 is 6.04 Å². The molecule has 0 saturated carbocycles. The number of carbonyl (C=O) groups is 1. The molecule has 1 heterocycles. The Labute approximate surface area is 96.3 Å². The minimum absolute atomic E-state index is 0.127. The van der Waals surface area contributed by atoms with E-state index in [2.05, 4.69) is 10.3 Å². The van der Waals surface area contributed by atoms with E-state index in [0.29, 0.717) is 6.54 Å². The monoisotopic (exact) mass is 221 g/mol. The van der Waals surface area contributed by atoms with Gasteiger partial charge in [0.2, 0.25) is 5.91 Å². The number of nitrogens with zero attached hydrogens (tertiary/aromatic N) is 1. The Balaban J connectivity index is 2.49. The molecule has 0 saturated heterocycles. The summed E-state index contributed by atoms with van der Waals surface area (Å²) in [5, 5.41) is 2.78. The molecule has 0 aromatic carbocycles. The van der Waals surface area contributed by atoms with Crippen LogP contribution in [0.5, 0.6) is 0 Å². The van der Waals surface area contributed by atoms with E-state index in [1.54, 1.807) is 0 Å². The summed E-state index contributed by atoms with van der Waals surface area (Å²) in [6.07, 6.45) is 0. The molecule has 0 bridgehead atoms. The van der Waals surface area contributed by atoms with Gasteiger partial charge in [0.15, 0.2) is 0 Å². The first-order valence-corrected chi connectivity index (χ1v) is 5.46. The lowest BCUT2D eigenvalue weighted by Gasteiger charge is -2.15. The van der Waals surface area contributed by atoms with Crippen LogP contribution >= 0.6 is 0 Å². The zero-order valence-electron chi connectivity index (χ0n) is 10.0. The molecule has 0 aliphatic rings. The highest BCUT2D eigenvalue weighted by Gasteiger charge is 2.16. The molecule has 1 aromatic rings. The third-order valence-corrected chi connectivity index (χ3v) is 2.41. The van der Waals surface area contributed by atoms with Crippen molar-refractivity contribution in [1.82, 2.24) is 10.3 Å². The number of nitrogens with one attached hydrogen (secondary N) is 1. The van der Waals surface area contributed by atoms with Crippen LogP contribution in [-0.4, -0.2) is 16.9 Å². The van der Waals surface area contributed by atoms with Crippen LogP contribution in [0.2, 0.25) is 0 Å². The SMILES string of the molecule is Cc1cccc(CNC(=O)C(N)C(C)C)n1. The molecular weight excluding hydrogens is 202 g/mol. The molecular formula is C12H19N3O. The zero-order chi connectivity index (χ0) is 12.1. The molecule has 1 unspecified atom stereocenters. The van der Waals surface area contributed by atoms with Gasteiger partial charge in [0.1, 0.15) is 0 Å². The van der Waals surface area contributed by atoms with E-state index in [9.17, 15) is 4.79 Å². The van der Waals surface area contributed by atoms with Crippen molar-refractivity contribution in [2.45, 2.75) is 33.4 Å². The van der Waals surface area contributed by atoms with Gasteiger partial charge >= 0.3 is 0 Å². The molecule has 3 N–H and O–H groups in total. The van der Waals surface area contributed by atoms with Gasteiger partial charge < -0.3 is 11.1 Å². The van der Waals surface area contributed by atoms with Gasteiger partial charge in [0.25, 0.3) is 0 Å². The van der Waals surface area contributed by atoms with Crippen LogP contribution in [0, 0.1) is 12.8 Å². The molecule has 0 radical (unpaired) electrons. The highest BCUT2D eigenvalue weighted by atomic mass is 16.2. The molecule has 0 aliphatic carbocycles. The van der Waals surface area contributed by atoms with Crippen molar-refractivity contribution < 1.29 is 4.79 Å². The maximum atomic E-state index is 11.6. The molecule has 1 atom stereocenters. The van der Waals surface area contributed by atoms with Crippen molar-refractivity contribution in [1.29, 1.82) is 0 Å². The average molecular weight is 221 g/mol. The first-order valence-electron chi connectivity index (χ1n) is 5.46. The maximum Gasteiger partial charge on any atom is 0.237 e. The lowest BCUT2D eigenvalue weighted by molar-refractivity contribution is -0.123. The Bertz CT molecular complexity index is 363. The summed E-state index contributed by atoms with van der Waals surface area (Å²) < 4.78 is 0. The van der Waals surface area contributed by atoms with Crippen molar-refractivity contribution in [3.8, 4) is 0 Å². The lowest BCUT2D eigenvalue weighted by atomic mass is 10.1. The quantitative estimate of drug-likeness (QED) is 0.796. The molecule has 0 spiro atoms. The molecule has 88 valence electrons. The summed E-state index contributed by atoms with van der Waals surface area (Å²) in [6, 6.07) is 5.27. The minimum Gasteiger partial charge on any atom is -0.349 e. The number of hydrogen-bond donors (Lipinski definition) is 2. The fourth-order valence-corrected chi connectivity index (χ4v) is 1.30. The first-order chi connectivity index (χ1) is 7.50. The Morgan fingerprint density at radius 3 is 2.75 bits per heavy atom. The Morgan fingerprint density at radius 1 is 1.50 bits per heavy atom. The Morgan fingerprint density at radius 2 is 2.19 bits per heavy atom. The standard InChI is InChI=1S/C12H19N3O/c1-8(2)11(13)12(16)14-7-10-6-4-5-9(3)15-10/h4-6,8,11H,7,13H2,1-3H3,(H,14,16). The maximum absolute atomic E-state index is 11.6. The van der Waals surface area contributed by atoms with Crippen LogP contribution in [0.3, 0.4) is 0 Å². The third kappa shape index (κ3) is 3.62. The molecule has 0 fully saturated rings. The number of aryl methyl sites for hydroxylation is 1. The second kappa shape index (κ2) is 5.61.